The van der Waals surface area contributed by atoms with E-state index in [9.17, 15) is 4.79 Å². The number of rotatable bonds is 2. The van der Waals surface area contributed by atoms with Gasteiger partial charge >= 0.3 is 0 Å². The van der Waals surface area contributed by atoms with Crippen LogP contribution < -0.4 is 0 Å². The molecule has 1 rings (SSSR count). The third-order valence-corrected chi connectivity index (χ3v) is 3.41. The van der Waals surface area contributed by atoms with E-state index in [0.29, 0.717) is 0 Å². The largest absolute Gasteiger partial charge is 0.288 e. The van der Waals surface area contributed by atoms with E-state index >= 15 is 0 Å². The fourth-order valence-corrected chi connectivity index (χ4v) is 3.13. The van der Waals surface area contributed by atoms with Gasteiger partial charge in [-0.05, 0) is 44.4 Å². The number of aryl methyl sites for hydroxylation is 3. The van der Waals surface area contributed by atoms with Crippen LogP contribution in [0.3, 0.4) is 0 Å². The molecule has 0 saturated carbocycles. The van der Waals surface area contributed by atoms with Gasteiger partial charge in [-0.3, -0.25) is 4.79 Å². The van der Waals surface area contributed by atoms with Crippen LogP contribution >= 0.6 is 11.8 Å². The normalized spacial score (nSPS) is 12.6. The first kappa shape index (κ1) is 12.3. The third-order valence-electron chi connectivity index (χ3n) is 2.49. The van der Waals surface area contributed by atoms with Gasteiger partial charge in [-0.2, -0.15) is 0 Å². The molecule has 0 aliphatic heterocycles. The third kappa shape index (κ3) is 3.10. The van der Waals surface area contributed by atoms with Gasteiger partial charge in [0.15, 0.2) is 5.12 Å². The van der Waals surface area contributed by atoms with Gasteiger partial charge in [-0.1, -0.05) is 29.5 Å². The predicted molar refractivity (Wildman–Crippen MR) is 67.3 cm³/mol. The van der Waals surface area contributed by atoms with Crippen molar-refractivity contribution in [3.63, 3.8) is 0 Å². The Morgan fingerprint density at radius 2 is 1.67 bits per heavy atom. The smallest absolute Gasteiger partial charge is 0.186 e. The highest BCUT2D eigenvalue weighted by molar-refractivity contribution is 8.13. The van der Waals surface area contributed by atoms with Gasteiger partial charge in [0.25, 0.3) is 0 Å². The maximum atomic E-state index is 11.1. The topological polar surface area (TPSA) is 17.1 Å². The molecule has 0 aromatic heterocycles. The lowest BCUT2D eigenvalue weighted by molar-refractivity contribution is -0.109. The summed E-state index contributed by atoms with van der Waals surface area (Å²) < 4.78 is 0. The summed E-state index contributed by atoms with van der Waals surface area (Å²) in [6, 6.07) is 4.36. The molecule has 0 fully saturated rings. The molecule has 1 aromatic carbocycles. The summed E-state index contributed by atoms with van der Waals surface area (Å²) in [6.07, 6.45) is 0. The second-order valence-electron chi connectivity index (χ2n) is 4.06. The molecule has 15 heavy (non-hydrogen) atoms. The minimum atomic E-state index is 0.182. The number of benzene rings is 1. The number of hydrogen-bond acceptors (Lipinski definition) is 2. The van der Waals surface area contributed by atoms with Crippen molar-refractivity contribution in [3.8, 4) is 0 Å². The summed E-state index contributed by atoms with van der Waals surface area (Å²) in [4.78, 5) is 11.1. The molecule has 2 heteroatoms. The molecule has 1 aromatic rings. The Bertz CT molecular complexity index is 359. The molecule has 0 spiro atoms. The number of hydrogen-bond donors (Lipinski definition) is 0. The van der Waals surface area contributed by atoms with E-state index in [-0.39, 0.29) is 10.4 Å². The van der Waals surface area contributed by atoms with Crippen molar-refractivity contribution >= 4 is 16.9 Å². The Balaban J connectivity index is 3.08. The summed E-state index contributed by atoms with van der Waals surface area (Å²) in [5.74, 6) is 0. The molecule has 1 unspecified atom stereocenters. The molecule has 0 radical (unpaired) electrons. The number of carbonyl (C=O) groups is 1. The average Bonchev–Trinajstić information content (AvgIpc) is 1.99. The molecule has 0 bridgehead atoms. The highest BCUT2D eigenvalue weighted by atomic mass is 32.2. The van der Waals surface area contributed by atoms with Crippen LogP contribution in [0.5, 0.6) is 0 Å². The van der Waals surface area contributed by atoms with E-state index in [1.807, 2.05) is 0 Å². The van der Waals surface area contributed by atoms with E-state index in [4.69, 9.17) is 0 Å². The molecule has 82 valence electrons. The Labute approximate surface area is 96.3 Å². The van der Waals surface area contributed by atoms with Crippen LogP contribution in [0.4, 0.5) is 0 Å². The summed E-state index contributed by atoms with van der Waals surface area (Å²) >= 11 is 1.40. The van der Waals surface area contributed by atoms with Crippen molar-refractivity contribution in [2.45, 2.75) is 39.9 Å². The molecule has 0 N–H and O–H groups in total. The van der Waals surface area contributed by atoms with Gasteiger partial charge in [-0.25, -0.2) is 0 Å². The van der Waals surface area contributed by atoms with Crippen LogP contribution in [-0.2, 0) is 4.79 Å². The van der Waals surface area contributed by atoms with Gasteiger partial charge < -0.3 is 0 Å². The molecule has 0 amide bonds. The standard InChI is InChI=1S/C13H18OS/c1-8-6-9(2)13(10(3)7-8)11(4)15-12(5)14/h6-7,11H,1-5H3. The molecule has 1 nitrogen and oxygen atoms in total. The molecule has 1 atom stereocenters. The van der Waals surface area contributed by atoms with E-state index in [0.717, 1.165) is 0 Å². The number of carbonyl (C=O) groups excluding carboxylic acids is 1. The minimum Gasteiger partial charge on any atom is -0.288 e. The Kier molecular flexibility index (Phi) is 3.97. The quantitative estimate of drug-likeness (QED) is 0.753. The van der Waals surface area contributed by atoms with Crippen LogP contribution in [-0.4, -0.2) is 5.12 Å². The van der Waals surface area contributed by atoms with Crippen molar-refractivity contribution in [2.75, 3.05) is 0 Å². The molecule has 0 aliphatic rings. The van der Waals surface area contributed by atoms with Gasteiger partial charge in [0.1, 0.15) is 0 Å². The first-order valence-electron chi connectivity index (χ1n) is 5.16. The Morgan fingerprint density at radius 3 is 2.07 bits per heavy atom. The fourth-order valence-electron chi connectivity index (χ4n) is 2.14. The lowest BCUT2D eigenvalue weighted by Gasteiger charge is -2.16. The monoisotopic (exact) mass is 222 g/mol. The van der Waals surface area contributed by atoms with Crippen LogP contribution in [0.25, 0.3) is 0 Å². The first-order valence-corrected chi connectivity index (χ1v) is 6.04. The zero-order chi connectivity index (χ0) is 11.6. The lowest BCUT2D eigenvalue weighted by Crippen LogP contribution is -1.99. The summed E-state index contributed by atoms with van der Waals surface area (Å²) in [7, 11) is 0. The van der Waals surface area contributed by atoms with Crippen LogP contribution in [0.1, 0.15) is 41.4 Å². The predicted octanol–water partition coefficient (Wildman–Crippen LogP) is 3.95. The average molecular weight is 222 g/mol. The van der Waals surface area contributed by atoms with Gasteiger partial charge in [0.05, 0.1) is 0 Å². The highest BCUT2D eigenvalue weighted by Gasteiger charge is 2.14. The van der Waals surface area contributed by atoms with Crippen molar-refractivity contribution in [1.29, 1.82) is 0 Å². The van der Waals surface area contributed by atoms with Crippen molar-refractivity contribution < 1.29 is 4.79 Å². The van der Waals surface area contributed by atoms with Crippen molar-refractivity contribution in [2.24, 2.45) is 0 Å². The van der Waals surface area contributed by atoms with Crippen molar-refractivity contribution in [3.05, 3.63) is 34.4 Å². The zero-order valence-electron chi connectivity index (χ0n) is 10.0. The Morgan fingerprint density at radius 1 is 1.20 bits per heavy atom. The molecular formula is C13H18OS. The molecule has 0 saturated heterocycles. The summed E-state index contributed by atoms with van der Waals surface area (Å²) in [5.41, 5.74) is 5.16. The fraction of sp³-hybridized carbons (Fsp3) is 0.462. The Hall–Kier alpha value is -0.760. The highest BCUT2D eigenvalue weighted by Crippen LogP contribution is 2.33. The molecular weight excluding hydrogens is 204 g/mol. The van der Waals surface area contributed by atoms with E-state index in [1.54, 1.807) is 6.92 Å². The summed E-state index contributed by atoms with van der Waals surface area (Å²) in [6.45, 7) is 10.1. The second kappa shape index (κ2) is 4.84. The summed E-state index contributed by atoms with van der Waals surface area (Å²) in [5, 5.41) is 0.435. The maximum absolute atomic E-state index is 11.1. The molecule has 0 aliphatic carbocycles. The number of thioether (sulfide) groups is 1. The maximum Gasteiger partial charge on any atom is 0.186 e. The van der Waals surface area contributed by atoms with E-state index < -0.39 is 0 Å². The van der Waals surface area contributed by atoms with Gasteiger partial charge in [-0.15, -0.1) is 0 Å². The minimum absolute atomic E-state index is 0.182. The van der Waals surface area contributed by atoms with Gasteiger partial charge in [0, 0.05) is 12.2 Å². The SMILES string of the molecule is CC(=O)SC(C)c1c(C)cc(C)cc1C. The first-order chi connectivity index (χ1) is 6.91. The van der Waals surface area contributed by atoms with Crippen LogP contribution in [0.2, 0.25) is 0 Å². The lowest BCUT2D eigenvalue weighted by atomic mass is 9.98. The van der Waals surface area contributed by atoms with Crippen LogP contribution in [0, 0.1) is 20.8 Å². The molecule has 0 heterocycles. The van der Waals surface area contributed by atoms with Gasteiger partial charge in [0.2, 0.25) is 0 Å². The van der Waals surface area contributed by atoms with Crippen LogP contribution in [0.15, 0.2) is 12.1 Å². The van der Waals surface area contributed by atoms with E-state index in [2.05, 4.69) is 39.8 Å². The second-order valence-corrected chi connectivity index (χ2v) is 5.58. The zero-order valence-corrected chi connectivity index (χ0v) is 10.9. The van der Waals surface area contributed by atoms with Crippen molar-refractivity contribution in [1.82, 2.24) is 0 Å². The van der Waals surface area contributed by atoms with E-state index in [1.165, 1.54) is 34.0 Å².